The van der Waals surface area contributed by atoms with Crippen LogP contribution in [0.2, 0.25) is 0 Å². The third kappa shape index (κ3) is 51.3. The van der Waals surface area contributed by atoms with Gasteiger partial charge >= 0.3 is 25.7 Å². The van der Waals surface area contributed by atoms with Crippen molar-refractivity contribution < 1.29 is 52.2 Å². The number of rotatable bonds is 51. The van der Waals surface area contributed by atoms with Crippen molar-refractivity contribution in [2.45, 2.75) is 238 Å². The van der Waals surface area contributed by atoms with Gasteiger partial charge in [-0.15, -0.1) is 0 Å². The average molecular weight is 1030 g/mol. The molecule has 0 aliphatic carbocycles. The highest BCUT2D eigenvalue weighted by atomic mass is 31.2. The van der Waals surface area contributed by atoms with Crippen molar-refractivity contribution in [2.75, 3.05) is 26.4 Å². The Morgan fingerprint density at radius 1 is 0.403 bits per heavy atom. The van der Waals surface area contributed by atoms with Crippen molar-refractivity contribution in [3.8, 4) is 0 Å². The van der Waals surface area contributed by atoms with Crippen LogP contribution in [-0.2, 0) is 42.2 Å². The topological polar surface area (TPSA) is 155 Å². The molecule has 0 radical (unpaired) electrons. The second kappa shape index (κ2) is 53.7. The Morgan fingerprint density at radius 2 is 0.736 bits per heavy atom. The van der Waals surface area contributed by atoms with Crippen LogP contribution in [0.3, 0.4) is 0 Å². The largest absolute Gasteiger partial charge is 0.472 e. The van der Waals surface area contributed by atoms with Gasteiger partial charge in [-0.05, 0) is 116 Å². The van der Waals surface area contributed by atoms with Crippen LogP contribution in [0, 0.1) is 0 Å². The smallest absolute Gasteiger partial charge is 0.462 e. The molecule has 0 rings (SSSR count). The molecule has 0 aromatic heterocycles. The molecule has 0 spiro atoms. The van der Waals surface area contributed by atoms with Gasteiger partial charge in [0.15, 0.2) is 6.10 Å². The van der Waals surface area contributed by atoms with Gasteiger partial charge in [-0.2, -0.15) is 0 Å². The molecule has 12 heteroatoms. The number of aliphatic hydroxyl groups excluding tert-OH is 1. The van der Waals surface area contributed by atoms with Gasteiger partial charge in [0, 0.05) is 19.3 Å². The number of phosphoric ester groups is 1. The zero-order valence-corrected chi connectivity index (χ0v) is 46.3. The van der Waals surface area contributed by atoms with Crippen molar-refractivity contribution in [1.82, 2.24) is 0 Å². The first-order chi connectivity index (χ1) is 35.2. The number of carbonyl (C=O) groups excluding carboxylic acids is 3. The van der Waals surface area contributed by atoms with E-state index in [2.05, 4.69) is 118 Å². The Morgan fingerprint density at radius 3 is 1.19 bits per heavy atom. The lowest BCUT2D eigenvalue weighted by Crippen LogP contribution is -2.30. The summed E-state index contributed by atoms with van der Waals surface area (Å²) in [4.78, 5) is 48.4. The number of hydrogen-bond acceptors (Lipinski definition) is 10. The number of unbranched alkanes of at least 4 members (excludes halogenated alkanes) is 18. The Labute approximate surface area is 438 Å². The maximum Gasteiger partial charge on any atom is 0.472 e. The van der Waals surface area contributed by atoms with Crippen molar-refractivity contribution in [3.63, 3.8) is 0 Å². The van der Waals surface area contributed by atoms with Crippen LogP contribution < -0.4 is 0 Å². The van der Waals surface area contributed by atoms with Crippen molar-refractivity contribution >= 4 is 25.7 Å². The number of aliphatic hydroxyl groups is 1. The van der Waals surface area contributed by atoms with Crippen molar-refractivity contribution in [1.29, 1.82) is 0 Å². The van der Waals surface area contributed by atoms with E-state index in [0.717, 1.165) is 128 Å². The van der Waals surface area contributed by atoms with Crippen LogP contribution in [0.1, 0.15) is 226 Å². The van der Waals surface area contributed by atoms with E-state index in [9.17, 15) is 28.9 Å². The first-order valence-corrected chi connectivity index (χ1v) is 29.6. The molecule has 72 heavy (non-hydrogen) atoms. The minimum atomic E-state index is -4.76. The lowest BCUT2D eigenvalue weighted by Gasteiger charge is -2.21. The van der Waals surface area contributed by atoms with E-state index in [1.54, 1.807) is 0 Å². The second-order valence-electron chi connectivity index (χ2n) is 18.4. The fourth-order valence-electron chi connectivity index (χ4n) is 7.16. The van der Waals surface area contributed by atoms with E-state index < -0.39 is 57.8 Å². The normalized spacial score (nSPS) is 14.1. The number of ether oxygens (including phenoxy) is 3. The third-order valence-electron chi connectivity index (χ3n) is 11.5. The molecule has 11 nitrogen and oxygen atoms in total. The first-order valence-electron chi connectivity index (χ1n) is 28.1. The molecule has 412 valence electrons. The van der Waals surface area contributed by atoms with Gasteiger partial charge < -0.3 is 24.2 Å². The standard InChI is InChI=1S/C60H101O11P/c1-4-7-10-13-16-19-22-24-26-27-28-29-31-32-35-37-40-43-46-49-58(62)67-53-57(71-60(64)51-48-45-42-39-36-33-30-25-23-20-17-14-11-8-5-2)55-69-72(65,66)68-54-56(52-61)70-59(63)50-47-44-41-38-34-21-18-15-12-9-6-3/h8,11,15-20,24-26,28-30,36,39,56-57,61H,4-7,9-10,12-14,21-23,27,31-35,37-38,40-55H2,1-3H3,(H,65,66)/b11-8-,18-15-,19-16-,20-17-,26-24-,29-28-,30-25-,39-36-. The Kier molecular flexibility index (Phi) is 51.0. The van der Waals surface area contributed by atoms with E-state index in [0.29, 0.717) is 19.3 Å². The molecule has 0 aliphatic heterocycles. The molecule has 0 amide bonds. The van der Waals surface area contributed by atoms with Gasteiger partial charge in [0.2, 0.25) is 0 Å². The van der Waals surface area contributed by atoms with Crippen LogP contribution in [0.5, 0.6) is 0 Å². The summed E-state index contributed by atoms with van der Waals surface area (Å²) in [6.45, 7) is 4.38. The molecule has 0 aromatic rings. The minimum Gasteiger partial charge on any atom is -0.462 e. The third-order valence-corrected chi connectivity index (χ3v) is 12.4. The second-order valence-corrected chi connectivity index (χ2v) is 19.8. The lowest BCUT2D eigenvalue weighted by molar-refractivity contribution is -0.161. The SMILES string of the molecule is CC/C=C\C/C=C\C/C=C\C/C=C\CCCCC(=O)OC(COC(=O)CCCCCCCC/C=C\C/C=C\C/C=C\CCCCC)COP(=O)(O)OCC(CO)OC(=O)CCCCCCC/C=C\CCCC. The number of carbonyl (C=O) groups is 3. The van der Waals surface area contributed by atoms with Crippen molar-refractivity contribution in [2.24, 2.45) is 0 Å². The Bertz CT molecular complexity index is 1580. The zero-order chi connectivity index (χ0) is 52.7. The molecule has 2 N–H and O–H groups in total. The predicted octanol–water partition coefficient (Wildman–Crippen LogP) is 16.5. The number of hydrogen-bond donors (Lipinski definition) is 2. The van der Waals surface area contributed by atoms with Gasteiger partial charge in [0.1, 0.15) is 12.7 Å². The number of esters is 3. The van der Waals surface area contributed by atoms with Crippen molar-refractivity contribution in [3.05, 3.63) is 97.2 Å². The summed E-state index contributed by atoms with van der Waals surface area (Å²) in [6, 6.07) is 0. The van der Waals surface area contributed by atoms with Crippen LogP contribution in [-0.4, -0.2) is 66.5 Å². The lowest BCUT2D eigenvalue weighted by atomic mass is 10.1. The van der Waals surface area contributed by atoms with Crippen LogP contribution in [0.4, 0.5) is 0 Å². The minimum absolute atomic E-state index is 0.108. The van der Waals surface area contributed by atoms with E-state index in [4.69, 9.17) is 23.3 Å². The Balaban J connectivity index is 4.82. The molecule has 0 heterocycles. The summed E-state index contributed by atoms with van der Waals surface area (Å²) in [5, 5.41) is 9.78. The number of allylic oxidation sites excluding steroid dienone is 16. The maximum atomic E-state index is 12.9. The molecular weight excluding hydrogens is 928 g/mol. The molecule has 0 bridgehead atoms. The molecule has 3 atom stereocenters. The fraction of sp³-hybridized carbons (Fsp3) is 0.683. The Hall–Kier alpha value is -3.60. The van der Waals surface area contributed by atoms with E-state index in [1.807, 2.05) is 0 Å². The summed E-state index contributed by atoms with van der Waals surface area (Å²) in [6.07, 6.45) is 62.3. The first kappa shape index (κ1) is 68.4. The highest BCUT2D eigenvalue weighted by molar-refractivity contribution is 7.47. The summed E-state index contributed by atoms with van der Waals surface area (Å²) in [5.74, 6) is -1.55. The molecule has 0 saturated carbocycles. The van der Waals surface area contributed by atoms with Crippen LogP contribution in [0.15, 0.2) is 97.2 Å². The maximum absolute atomic E-state index is 12.9. The van der Waals surface area contributed by atoms with Gasteiger partial charge in [0.25, 0.3) is 0 Å². The highest BCUT2D eigenvalue weighted by Crippen LogP contribution is 2.43. The molecule has 0 aliphatic rings. The average Bonchev–Trinajstić information content (AvgIpc) is 3.37. The van der Waals surface area contributed by atoms with E-state index in [1.165, 1.54) is 38.5 Å². The number of phosphoric acid groups is 1. The molecule has 0 fully saturated rings. The summed E-state index contributed by atoms with van der Waals surface area (Å²) >= 11 is 0. The zero-order valence-electron chi connectivity index (χ0n) is 45.4. The fourth-order valence-corrected chi connectivity index (χ4v) is 7.94. The molecular formula is C60H101O11P. The summed E-state index contributed by atoms with van der Waals surface area (Å²) in [5.41, 5.74) is 0. The monoisotopic (exact) mass is 1030 g/mol. The molecule has 0 aromatic carbocycles. The van der Waals surface area contributed by atoms with Gasteiger partial charge in [-0.3, -0.25) is 23.4 Å². The summed E-state index contributed by atoms with van der Waals surface area (Å²) in [7, 11) is -4.76. The van der Waals surface area contributed by atoms with Gasteiger partial charge in [-0.1, -0.05) is 189 Å². The van der Waals surface area contributed by atoms with E-state index >= 15 is 0 Å². The predicted molar refractivity (Wildman–Crippen MR) is 297 cm³/mol. The highest BCUT2D eigenvalue weighted by Gasteiger charge is 2.28. The van der Waals surface area contributed by atoms with Crippen LogP contribution in [0.25, 0.3) is 0 Å². The van der Waals surface area contributed by atoms with Crippen LogP contribution >= 0.6 is 7.82 Å². The molecule has 0 saturated heterocycles. The van der Waals surface area contributed by atoms with E-state index in [-0.39, 0.29) is 25.9 Å². The molecule has 3 unspecified atom stereocenters. The summed E-state index contributed by atoms with van der Waals surface area (Å²) < 4.78 is 39.4. The van der Waals surface area contributed by atoms with Gasteiger partial charge in [0.05, 0.1) is 19.8 Å². The van der Waals surface area contributed by atoms with Gasteiger partial charge in [-0.25, -0.2) is 4.57 Å². The quantitative estimate of drug-likeness (QED) is 0.0197.